The van der Waals surface area contributed by atoms with Gasteiger partial charge in [0.15, 0.2) is 0 Å². The molecule has 0 amide bonds. The van der Waals surface area contributed by atoms with Gasteiger partial charge < -0.3 is 4.74 Å². The number of methoxy groups -OCH3 is 1. The molecule has 0 aliphatic carbocycles. The van der Waals surface area contributed by atoms with Gasteiger partial charge in [-0.2, -0.15) is 0 Å². The molecule has 75 valence electrons. The van der Waals surface area contributed by atoms with Crippen LogP contribution >= 0.6 is 0 Å². The SMILES string of the molecule is [CH2]C(C)c1cc(F)cc(C(=O)OC)c1. The second-order valence-electron chi connectivity index (χ2n) is 3.17. The highest BCUT2D eigenvalue weighted by atomic mass is 19.1. The lowest BCUT2D eigenvalue weighted by Gasteiger charge is -2.07. The molecule has 2 nitrogen and oxygen atoms in total. The Labute approximate surface area is 82.7 Å². The van der Waals surface area contributed by atoms with Crippen molar-refractivity contribution in [2.45, 2.75) is 12.8 Å². The van der Waals surface area contributed by atoms with Crippen LogP contribution in [0.15, 0.2) is 18.2 Å². The lowest BCUT2D eigenvalue weighted by atomic mass is 10.0. The minimum Gasteiger partial charge on any atom is -0.465 e. The Morgan fingerprint density at radius 1 is 1.50 bits per heavy atom. The van der Waals surface area contributed by atoms with E-state index in [0.717, 1.165) is 6.07 Å². The molecule has 14 heavy (non-hydrogen) atoms. The minimum atomic E-state index is -0.536. The largest absolute Gasteiger partial charge is 0.465 e. The van der Waals surface area contributed by atoms with Crippen LogP contribution in [0.3, 0.4) is 0 Å². The third-order valence-electron chi connectivity index (χ3n) is 1.91. The number of hydrogen-bond donors (Lipinski definition) is 0. The monoisotopic (exact) mass is 195 g/mol. The lowest BCUT2D eigenvalue weighted by Crippen LogP contribution is -2.03. The molecule has 0 aliphatic heterocycles. The van der Waals surface area contributed by atoms with E-state index in [0.29, 0.717) is 5.56 Å². The van der Waals surface area contributed by atoms with Crippen LogP contribution in [-0.4, -0.2) is 13.1 Å². The summed E-state index contributed by atoms with van der Waals surface area (Å²) in [7, 11) is 1.26. The molecule has 0 heterocycles. The van der Waals surface area contributed by atoms with E-state index in [-0.39, 0.29) is 11.5 Å². The van der Waals surface area contributed by atoms with Crippen LogP contribution in [0.1, 0.15) is 28.8 Å². The standard InChI is InChI=1S/C11H12FO2/c1-7(2)8-4-9(11(13)14-3)6-10(12)5-8/h4-7H,1H2,2-3H3. The molecule has 1 radical (unpaired) electrons. The fraction of sp³-hybridized carbons (Fsp3) is 0.273. The second kappa shape index (κ2) is 4.22. The van der Waals surface area contributed by atoms with E-state index in [9.17, 15) is 9.18 Å². The van der Waals surface area contributed by atoms with Gasteiger partial charge in [0.2, 0.25) is 0 Å². The molecule has 0 spiro atoms. The highest BCUT2D eigenvalue weighted by molar-refractivity contribution is 5.89. The van der Waals surface area contributed by atoms with Crippen molar-refractivity contribution >= 4 is 5.97 Å². The van der Waals surface area contributed by atoms with Crippen molar-refractivity contribution in [1.82, 2.24) is 0 Å². The molecule has 1 rings (SSSR count). The van der Waals surface area contributed by atoms with E-state index in [4.69, 9.17) is 0 Å². The Kier molecular flexibility index (Phi) is 3.23. The van der Waals surface area contributed by atoms with Gasteiger partial charge in [-0.25, -0.2) is 9.18 Å². The summed E-state index contributed by atoms with van der Waals surface area (Å²) in [6.07, 6.45) is 0. The first-order valence-corrected chi connectivity index (χ1v) is 4.26. The van der Waals surface area contributed by atoms with Crippen LogP contribution in [0, 0.1) is 12.7 Å². The zero-order chi connectivity index (χ0) is 10.7. The Morgan fingerprint density at radius 3 is 2.64 bits per heavy atom. The van der Waals surface area contributed by atoms with Crippen LogP contribution in [0.5, 0.6) is 0 Å². The maximum atomic E-state index is 13.0. The van der Waals surface area contributed by atoms with E-state index >= 15 is 0 Å². The highest BCUT2D eigenvalue weighted by Gasteiger charge is 2.10. The fourth-order valence-corrected chi connectivity index (χ4v) is 1.13. The van der Waals surface area contributed by atoms with Gasteiger partial charge in [0, 0.05) is 0 Å². The van der Waals surface area contributed by atoms with Crippen molar-refractivity contribution in [2.75, 3.05) is 7.11 Å². The average molecular weight is 195 g/mol. The van der Waals surface area contributed by atoms with Crippen molar-refractivity contribution in [3.05, 3.63) is 42.1 Å². The molecule has 0 bridgehead atoms. The number of esters is 1. The Morgan fingerprint density at radius 2 is 2.14 bits per heavy atom. The normalized spacial score (nSPS) is 10.4. The van der Waals surface area contributed by atoms with Crippen LogP contribution in [0.4, 0.5) is 4.39 Å². The van der Waals surface area contributed by atoms with Crippen molar-refractivity contribution in [1.29, 1.82) is 0 Å². The van der Waals surface area contributed by atoms with E-state index in [1.807, 2.05) is 6.92 Å². The van der Waals surface area contributed by atoms with Crippen molar-refractivity contribution in [3.63, 3.8) is 0 Å². The second-order valence-corrected chi connectivity index (χ2v) is 3.17. The van der Waals surface area contributed by atoms with Crippen LogP contribution in [0.2, 0.25) is 0 Å². The van der Waals surface area contributed by atoms with Crippen LogP contribution in [-0.2, 0) is 4.74 Å². The molecule has 3 heteroatoms. The molecule has 0 aliphatic rings. The van der Waals surface area contributed by atoms with Gasteiger partial charge in [-0.05, 0) is 36.6 Å². The van der Waals surface area contributed by atoms with Gasteiger partial charge in [-0.1, -0.05) is 6.92 Å². The minimum absolute atomic E-state index is 0.0610. The van der Waals surface area contributed by atoms with Gasteiger partial charge in [-0.3, -0.25) is 0 Å². The topological polar surface area (TPSA) is 26.3 Å². The molecule has 0 saturated carbocycles. The molecule has 0 fully saturated rings. The van der Waals surface area contributed by atoms with Crippen LogP contribution in [0.25, 0.3) is 0 Å². The first-order chi connectivity index (χ1) is 6.54. The van der Waals surface area contributed by atoms with Crippen molar-refractivity contribution < 1.29 is 13.9 Å². The summed E-state index contributed by atoms with van der Waals surface area (Å²) in [6.45, 7) is 5.59. The first-order valence-electron chi connectivity index (χ1n) is 4.26. The third-order valence-corrected chi connectivity index (χ3v) is 1.91. The van der Waals surface area contributed by atoms with Gasteiger partial charge in [0.25, 0.3) is 0 Å². The third kappa shape index (κ3) is 2.31. The van der Waals surface area contributed by atoms with Gasteiger partial charge in [-0.15, -0.1) is 0 Å². The van der Waals surface area contributed by atoms with Crippen LogP contribution < -0.4 is 0 Å². The molecule has 1 unspecified atom stereocenters. The number of benzene rings is 1. The summed E-state index contributed by atoms with van der Waals surface area (Å²) in [5.41, 5.74) is 0.906. The number of carbonyl (C=O) groups excluding carboxylic acids is 1. The van der Waals surface area contributed by atoms with Crippen molar-refractivity contribution in [2.24, 2.45) is 0 Å². The van der Waals surface area contributed by atoms with Gasteiger partial charge in [0.1, 0.15) is 5.82 Å². The quantitative estimate of drug-likeness (QED) is 0.678. The zero-order valence-electron chi connectivity index (χ0n) is 8.21. The fourth-order valence-electron chi connectivity index (χ4n) is 1.13. The van der Waals surface area contributed by atoms with E-state index in [2.05, 4.69) is 11.7 Å². The molecule has 1 aromatic carbocycles. The summed E-state index contributed by atoms with van der Waals surface area (Å²) in [6, 6.07) is 4.11. The molecule has 0 N–H and O–H groups in total. The average Bonchev–Trinajstić information content (AvgIpc) is 2.15. The smallest absolute Gasteiger partial charge is 0.337 e. The van der Waals surface area contributed by atoms with Gasteiger partial charge in [0.05, 0.1) is 12.7 Å². The van der Waals surface area contributed by atoms with E-state index in [1.54, 1.807) is 6.07 Å². The highest BCUT2D eigenvalue weighted by Crippen LogP contribution is 2.17. The predicted molar refractivity (Wildman–Crippen MR) is 51.5 cm³/mol. The predicted octanol–water partition coefficient (Wildman–Crippen LogP) is 2.55. The summed E-state index contributed by atoms with van der Waals surface area (Å²) in [5, 5.41) is 0. The maximum Gasteiger partial charge on any atom is 0.337 e. The molecular formula is C11H12FO2. The maximum absolute atomic E-state index is 13.0. The molecule has 0 aromatic heterocycles. The number of rotatable bonds is 2. The number of hydrogen-bond acceptors (Lipinski definition) is 2. The Hall–Kier alpha value is -1.38. The number of ether oxygens (including phenoxy) is 1. The Bertz CT molecular complexity index is 345. The lowest BCUT2D eigenvalue weighted by molar-refractivity contribution is 0.0600. The molecular weight excluding hydrogens is 183 g/mol. The number of halogens is 1. The molecule has 0 saturated heterocycles. The summed E-state index contributed by atoms with van der Waals surface area (Å²) in [5.74, 6) is -1.04. The molecule has 1 aromatic rings. The summed E-state index contributed by atoms with van der Waals surface area (Å²) >= 11 is 0. The first kappa shape index (κ1) is 10.7. The van der Waals surface area contributed by atoms with Crippen molar-refractivity contribution in [3.8, 4) is 0 Å². The zero-order valence-corrected chi connectivity index (χ0v) is 8.21. The number of carbonyl (C=O) groups is 1. The van der Waals surface area contributed by atoms with E-state index in [1.165, 1.54) is 13.2 Å². The Balaban J connectivity index is 3.13. The molecule has 1 atom stereocenters. The summed E-state index contributed by atoms with van der Waals surface area (Å²) in [4.78, 5) is 11.1. The van der Waals surface area contributed by atoms with Gasteiger partial charge >= 0.3 is 5.97 Å². The van der Waals surface area contributed by atoms with E-state index < -0.39 is 11.8 Å². The summed E-state index contributed by atoms with van der Waals surface area (Å²) < 4.78 is 17.5.